The number of aryl methyl sites for hydroxylation is 1. The number of benzene rings is 1. The molecule has 0 unspecified atom stereocenters. The lowest BCUT2D eigenvalue weighted by Gasteiger charge is -2.15. The number of nitrogens with one attached hydrogen (secondary N) is 3. The first kappa shape index (κ1) is 16.1. The van der Waals surface area contributed by atoms with E-state index in [1.807, 2.05) is 31.2 Å². The Kier molecular flexibility index (Phi) is 6.10. The maximum Gasteiger partial charge on any atom is 0.170 e. The van der Waals surface area contributed by atoms with Crippen molar-refractivity contribution in [1.82, 2.24) is 16.0 Å². The van der Waals surface area contributed by atoms with Crippen LogP contribution in [0.15, 0.2) is 29.8 Å². The van der Waals surface area contributed by atoms with E-state index in [1.165, 1.54) is 0 Å². The minimum Gasteiger partial charge on any atom is -0.378 e. The van der Waals surface area contributed by atoms with Gasteiger partial charge in [-0.2, -0.15) is 5.26 Å². The normalized spacial score (nSPS) is 10.9. The summed E-state index contributed by atoms with van der Waals surface area (Å²) in [5, 5.41) is 18.5. The number of hydrogen-bond donors (Lipinski definition) is 3. The molecular formula is C14H16N4S2. The van der Waals surface area contributed by atoms with Crippen LogP contribution in [0.1, 0.15) is 11.1 Å². The maximum absolute atomic E-state index is 9.38. The van der Waals surface area contributed by atoms with E-state index in [1.54, 1.807) is 14.1 Å². The van der Waals surface area contributed by atoms with E-state index >= 15 is 0 Å². The van der Waals surface area contributed by atoms with Crippen LogP contribution in [0.3, 0.4) is 0 Å². The molecule has 1 aromatic carbocycles. The molecule has 20 heavy (non-hydrogen) atoms. The van der Waals surface area contributed by atoms with Gasteiger partial charge in [-0.1, -0.05) is 36.0 Å². The highest BCUT2D eigenvalue weighted by molar-refractivity contribution is 7.80. The molecule has 0 saturated heterocycles. The molecule has 0 aliphatic heterocycles. The second kappa shape index (κ2) is 7.58. The standard InChI is InChI=1S/C14H16N4S2/c1-9-5-4-6-10(7-9)12(18-14(20)17-3)11(8-15)13(19)16-2/h4-7H,1-3H3,(H,16,19)(H2,17,18,20)/b12-11-. The molecule has 0 bridgehead atoms. The Labute approximate surface area is 129 Å². The number of rotatable bonds is 3. The van der Waals surface area contributed by atoms with Crippen LogP contribution in [0, 0.1) is 18.3 Å². The van der Waals surface area contributed by atoms with Gasteiger partial charge in [-0.15, -0.1) is 0 Å². The van der Waals surface area contributed by atoms with E-state index < -0.39 is 0 Å². The molecule has 6 heteroatoms. The zero-order chi connectivity index (χ0) is 15.1. The van der Waals surface area contributed by atoms with Gasteiger partial charge in [-0.3, -0.25) is 0 Å². The van der Waals surface area contributed by atoms with Gasteiger partial charge in [0.1, 0.15) is 16.6 Å². The summed E-state index contributed by atoms with van der Waals surface area (Å²) in [6.45, 7) is 1.99. The molecule has 0 radical (unpaired) electrons. The van der Waals surface area contributed by atoms with E-state index in [2.05, 4.69) is 22.0 Å². The third-order valence-electron chi connectivity index (χ3n) is 2.59. The van der Waals surface area contributed by atoms with Crippen LogP contribution < -0.4 is 16.0 Å². The molecule has 0 heterocycles. The van der Waals surface area contributed by atoms with Crippen LogP contribution in [-0.4, -0.2) is 24.2 Å². The topological polar surface area (TPSA) is 59.9 Å². The Hall–Kier alpha value is -1.97. The van der Waals surface area contributed by atoms with Gasteiger partial charge < -0.3 is 16.0 Å². The zero-order valence-corrected chi connectivity index (χ0v) is 13.2. The molecule has 0 atom stereocenters. The average Bonchev–Trinajstić information content (AvgIpc) is 2.46. The molecule has 0 fully saturated rings. The van der Waals surface area contributed by atoms with E-state index in [9.17, 15) is 5.26 Å². The third kappa shape index (κ3) is 4.02. The average molecular weight is 304 g/mol. The minimum absolute atomic E-state index is 0.353. The molecule has 0 aromatic heterocycles. The molecular weight excluding hydrogens is 288 g/mol. The van der Waals surface area contributed by atoms with Crippen molar-refractivity contribution >= 4 is 40.2 Å². The fourth-order valence-corrected chi connectivity index (χ4v) is 1.85. The maximum atomic E-state index is 9.38. The largest absolute Gasteiger partial charge is 0.378 e. The highest BCUT2D eigenvalue weighted by atomic mass is 32.1. The molecule has 0 aliphatic carbocycles. The van der Waals surface area contributed by atoms with Gasteiger partial charge in [0.15, 0.2) is 5.11 Å². The summed E-state index contributed by atoms with van der Waals surface area (Å²) in [5.41, 5.74) is 2.89. The van der Waals surface area contributed by atoms with Crippen molar-refractivity contribution in [2.75, 3.05) is 14.1 Å². The van der Waals surface area contributed by atoms with Gasteiger partial charge >= 0.3 is 0 Å². The summed E-state index contributed by atoms with van der Waals surface area (Å²) in [7, 11) is 3.40. The Morgan fingerprint density at radius 3 is 2.40 bits per heavy atom. The quantitative estimate of drug-likeness (QED) is 0.450. The van der Waals surface area contributed by atoms with Crippen LogP contribution in [0.2, 0.25) is 0 Å². The van der Waals surface area contributed by atoms with Crippen LogP contribution in [0.5, 0.6) is 0 Å². The Morgan fingerprint density at radius 1 is 1.20 bits per heavy atom. The van der Waals surface area contributed by atoms with Gasteiger partial charge in [0.05, 0.1) is 5.70 Å². The van der Waals surface area contributed by atoms with Crippen molar-refractivity contribution in [3.05, 3.63) is 41.0 Å². The van der Waals surface area contributed by atoms with Crippen molar-refractivity contribution in [2.45, 2.75) is 6.92 Å². The van der Waals surface area contributed by atoms with E-state index in [4.69, 9.17) is 24.4 Å². The van der Waals surface area contributed by atoms with Crippen molar-refractivity contribution in [3.63, 3.8) is 0 Å². The van der Waals surface area contributed by atoms with Gasteiger partial charge in [-0.05, 0) is 30.8 Å². The van der Waals surface area contributed by atoms with Crippen LogP contribution >= 0.6 is 24.4 Å². The fraction of sp³-hybridized carbons (Fsp3) is 0.214. The van der Waals surface area contributed by atoms with Crippen molar-refractivity contribution < 1.29 is 0 Å². The summed E-state index contributed by atoms with van der Waals surface area (Å²) >= 11 is 10.3. The molecule has 0 aliphatic rings. The van der Waals surface area contributed by atoms with Gasteiger partial charge in [0, 0.05) is 14.1 Å². The van der Waals surface area contributed by atoms with E-state index in [0.29, 0.717) is 21.4 Å². The molecule has 0 amide bonds. The highest BCUT2D eigenvalue weighted by Crippen LogP contribution is 2.18. The number of hydrogen-bond acceptors (Lipinski definition) is 3. The van der Waals surface area contributed by atoms with Gasteiger partial charge in [-0.25, -0.2) is 0 Å². The predicted octanol–water partition coefficient (Wildman–Crippen LogP) is 1.87. The first-order valence-corrected chi connectivity index (χ1v) is 6.77. The fourth-order valence-electron chi connectivity index (χ4n) is 1.60. The monoisotopic (exact) mass is 304 g/mol. The first-order chi connectivity index (χ1) is 9.53. The summed E-state index contributed by atoms with van der Waals surface area (Å²) in [4.78, 5) is 0.371. The summed E-state index contributed by atoms with van der Waals surface area (Å²) in [6, 6.07) is 9.91. The highest BCUT2D eigenvalue weighted by Gasteiger charge is 2.14. The molecule has 4 nitrogen and oxygen atoms in total. The Morgan fingerprint density at radius 2 is 1.90 bits per heavy atom. The lowest BCUT2D eigenvalue weighted by Crippen LogP contribution is -2.33. The third-order valence-corrected chi connectivity index (χ3v) is 3.30. The smallest absolute Gasteiger partial charge is 0.170 e. The van der Waals surface area contributed by atoms with Gasteiger partial charge in [0.25, 0.3) is 0 Å². The molecule has 1 aromatic rings. The second-order valence-electron chi connectivity index (χ2n) is 4.01. The van der Waals surface area contributed by atoms with Crippen molar-refractivity contribution in [2.24, 2.45) is 0 Å². The van der Waals surface area contributed by atoms with E-state index in [0.717, 1.165) is 11.1 Å². The molecule has 1 rings (SSSR count). The van der Waals surface area contributed by atoms with Crippen LogP contribution in [-0.2, 0) is 0 Å². The minimum atomic E-state index is 0.353. The van der Waals surface area contributed by atoms with Crippen LogP contribution in [0.4, 0.5) is 0 Å². The lowest BCUT2D eigenvalue weighted by atomic mass is 10.0. The summed E-state index contributed by atoms with van der Waals surface area (Å²) in [5.74, 6) is 0. The predicted molar refractivity (Wildman–Crippen MR) is 90.2 cm³/mol. The zero-order valence-electron chi connectivity index (χ0n) is 11.6. The molecule has 0 spiro atoms. The number of nitrogens with zero attached hydrogens (tertiary/aromatic N) is 1. The number of thiocarbonyl (C=S) groups is 2. The Bertz CT molecular complexity index is 599. The Balaban J connectivity index is 3.42. The summed E-state index contributed by atoms with van der Waals surface area (Å²) in [6.07, 6.45) is 0. The second-order valence-corrected chi connectivity index (χ2v) is 4.83. The SMILES string of the molecule is CNC(=S)N/C(=C(/C#N)C(=S)NC)c1cccc(C)c1. The first-order valence-electron chi connectivity index (χ1n) is 5.95. The van der Waals surface area contributed by atoms with Crippen molar-refractivity contribution in [3.8, 4) is 6.07 Å². The molecule has 104 valence electrons. The van der Waals surface area contributed by atoms with Gasteiger partial charge in [0.2, 0.25) is 0 Å². The summed E-state index contributed by atoms with van der Waals surface area (Å²) < 4.78 is 0. The molecule has 3 N–H and O–H groups in total. The van der Waals surface area contributed by atoms with Crippen LogP contribution in [0.25, 0.3) is 5.70 Å². The lowest BCUT2D eigenvalue weighted by molar-refractivity contribution is 1.11. The number of likely N-dealkylation sites (N-methyl/N-ethyl adjacent to an activating group) is 1. The molecule has 0 saturated carbocycles. The number of nitriles is 1. The van der Waals surface area contributed by atoms with Crippen molar-refractivity contribution in [1.29, 1.82) is 5.26 Å². The van der Waals surface area contributed by atoms with E-state index in [-0.39, 0.29) is 0 Å².